The Balaban J connectivity index is 1.85. The molecule has 19 heavy (non-hydrogen) atoms. The average Bonchev–Trinajstić information content (AvgIpc) is 2.40. The van der Waals surface area contributed by atoms with E-state index in [1.54, 1.807) is 0 Å². The normalized spacial score (nSPS) is 16.0. The Labute approximate surface area is 122 Å². The van der Waals surface area contributed by atoms with E-state index in [2.05, 4.69) is 10.2 Å². The van der Waals surface area contributed by atoms with E-state index in [0.29, 0.717) is 11.5 Å². The monoisotopic (exact) mass is 295 g/mol. The number of nitrogens with zero attached hydrogens (tertiary/aromatic N) is 1. The van der Waals surface area contributed by atoms with E-state index in [-0.39, 0.29) is 5.91 Å². The number of carbonyl (C=O) groups excluding carboxylic acids is 1. The molecule has 3 N–H and O–H groups in total. The molecule has 1 amide bonds. The Hall–Kier alpha value is -1.11. The quantitative estimate of drug-likeness (QED) is 0.820. The lowest BCUT2D eigenvalue weighted by atomic mass is 10.2. The maximum atomic E-state index is 11.9. The van der Waals surface area contributed by atoms with Crippen molar-refractivity contribution in [2.45, 2.75) is 0 Å². The predicted molar refractivity (Wildman–Crippen MR) is 84.7 cm³/mol. The van der Waals surface area contributed by atoms with Gasteiger partial charge in [0.1, 0.15) is 4.99 Å². The third-order valence-electron chi connectivity index (χ3n) is 2.92. The summed E-state index contributed by atoms with van der Waals surface area (Å²) >= 11 is 6.82. The van der Waals surface area contributed by atoms with E-state index >= 15 is 0 Å². The molecule has 0 bridgehead atoms. The molecule has 1 aliphatic heterocycles. The minimum Gasteiger partial charge on any atom is -0.389 e. The third-order valence-corrected chi connectivity index (χ3v) is 4.10. The van der Waals surface area contributed by atoms with Gasteiger partial charge in [0.05, 0.1) is 6.54 Å². The van der Waals surface area contributed by atoms with Crippen LogP contribution < -0.4 is 11.1 Å². The van der Waals surface area contributed by atoms with Gasteiger partial charge >= 0.3 is 0 Å². The van der Waals surface area contributed by atoms with Gasteiger partial charge in [0, 0.05) is 35.8 Å². The van der Waals surface area contributed by atoms with Crippen LogP contribution in [0.15, 0.2) is 24.3 Å². The topological polar surface area (TPSA) is 58.4 Å². The van der Waals surface area contributed by atoms with Crippen molar-refractivity contribution in [3.05, 3.63) is 29.8 Å². The fourth-order valence-electron chi connectivity index (χ4n) is 1.88. The van der Waals surface area contributed by atoms with Crippen molar-refractivity contribution in [1.29, 1.82) is 0 Å². The third kappa shape index (κ3) is 4.49. The van der Waals surface area contributed by atoms with Gasteiger partial charge < -0.3 is 11.1 Å². The number of anilines is 1. The van der Waals surface area contributed by atoms with Gasteiger partial charge in [-0.2, -0.15) is 11.8 Å². The van der Waals surface area contributed by atoms with Gasteiger partial charge in [0.2, 0.25) is 5.91 Å². The van der Waals surface area contributed by atoms with Crippen LogP contribution in [0.4, 0.5) is 5.69 Å². The molecule has 0 spiro atoms. The summed E-state index contributed by atoms with van der Waals surface area (Å²) in [5, 5.41) is 2.88. The molecular formula is C13H17N3OS2. The Kier molecular flexibility index (Phi) is 5.18. The molecule has 1 aromatic carbocycles. The molecule has 4 nitrogen and oxygen atoms in total. The van der Waals surface area contributed by atoms with Gasteiger partial charge in [-0.15, -0.1) is 0 Å². The summed E-state index contributed by atoms with van der Waals surface area (Å²) < 4.78 is 0. The molecule has 1 saturated heterocycles. The Bertz CT molecular complexity index is 455. The molecular weight excluding hydrogens is 278 g/mol. The van der Waals surface area contributed by atoms with Gasteiger partial charge in [0.15, 0.2) is 0 Å². The summed E-state index contributed by atoms with van der Waals surface area (Å²) in [6, 6.07) is 7.27. The number of nitrogens with two attached hydrogens (primary N) is 1. The minimum atomic E-state index is 0.0231. The summed E-state index contributed by atoms with van der Waals surface area (Å²) in [5.41, 5.74) is 7.11. The molecule has 1 aromatic rings. The van der Waals surface area contributed by atoms with Crippen LogP contribution in [-0.4, -0.2) is 46.9 Å². The highest BCUT2D eigenvalue weighted by atomic mass is 32.2. The molecule has 102 valence electrons. The van der Waals surface area contributed by atoms with Crippen LogP contribution >= 0.6 is 24.0 Å². The van der Waals surface area contributed by atoms with E-state index in [1.807, 2.05) is 36.0 Å². The van der Waals surface area contributed by atoms with Crippen molar-refractivity contribution in [3.8, 4) is 0 Å². The fourth-order valence-corrected chi connectivity index (χ4v) is 3.00. The van der Waals surface area contributed by atoms with Crippen LogP contribution in [0.1, 0.15) is 5.56 Å². The molecule has 0 unspecified atom stereocenters. The first-order valence-electron chi connectivity index (χ1n) is 6.15. The molecule has 2 rings (SSSR count). The second-order valence-corrected chi connectivity index (χ2v) is 6.04. The van der Waals surface area contributed by atoms with Crippen molar-refractivity contribution >= 4 is 40.6 Å². The molecule has 0 atom stereocenters. The van der Waals surface area contributed by atoms with Gasteiger partial charge in [0.25, 0.3) is 0 Å². The number of thioether (sulfide) groups is 1. The Morgan fingerprint density at radius 2 is 1.95 bits per heavy atom. The van der Waals surface area contributed by atoms with E-state index < -0.39 is 0 Å². The fraction of sp³-hybridized carbons (Fsp3) is 0.385. The molecule has 1 aliphatic rings. The van der Waals surface area contributed by atoms with Crippen LogP contribution in [-0.2, 0) is 4.79 Å². The van der Waals surface area contributed by atoms with Crippen LogP contribution in [0.2, 0.25) is 0 Å². The number of carbonyl (C=O) groups is 1. The van der Waals surface area contributed by atoms with Crippen LogP contribution in [0.5, 0.6) is 0 Å². The predicted octanol–water partition coefficient (Wildman–Crippen LogP) is 1.31. The van der Waals surface area contributed by atoms with E-state index in [4.69, 9.17) is 18.0 Å². The second kappa shape index (κ2) is 6.88. The van der Waals surface area contributed by atoms with Crippen molar-refractivity contribution in [2.75, 3.05) is 36.5 Å². The number of hydrogen-bond acceptors (Lipinski definition) is 4. The number of thiocarbonyl (C=S) groups is 1. The maximum Gasteiger partial charge on any atom is 0.238 e. The standard InChI is InChI=1S/C13H17N3OS2/c14-13(18)10-1-3-11(4-2-10)15-12(17)9-16-5-7-19-8-6-16/h1-4H,5-9H2,(H2,14,18)(H,15,17). The first-order chi connectivity index (χ1) is 9.15. The molecule has 1 heterocycles. The van der Waals surface area contributed by atoms with Crippen molar-refractivity contribution in [1.82, 2.24) is 4.90 Å². The summed E-state index contributed by atoms with van der Waals surface area (Å²) in [6.45, 7) is 2.43. The van der Waals surface area contributed by atoms with Crippen LogP contribution in [0.3, 0.4) is 0 Å². The lowest BCUT2D eigenvalue weighted by Gasteiger charge is -2.25. The zero-order chi connectivity index (χ0) is 13.7. The average molecular weight is 295 g/mol. The molecule has 0 aliphatic carbocycles. The van der Waals surface area contributed by atoms with E-state index in [9.17, 15) is 4.79 Å². The van der Waals surface area contributed by atoms with Crippen molar-refractivity contribution in [3.63, 3.8) is 0 Å². The number of benzene rings is 1. The zero-order valence-electron chi connectivity index (χ0n) is 10.6. The molecule has 0 radical (unpaired) electrons. The highest BCUT2D eigenvalue weighted by Crippen LogP contribution is 2.11. The summed E-state index contributed by atoms with van der Waals surface area (Å²) in [7, 11) is 0. The van der Waals surface area contributed by atoms with E-state index in [1.165, 1.54) is 0 Å². The lowest BCUT2D eigenvalue weighted by Crippen LogP contribution is -2.38. The number of hydrogen-bond donors (Lipinski definition) is 2. The second-order valence-electron chi connectivity index (χ2n) is 4.38. The Morgan fingerprint density at radius 1 is 1.32 bits per heavy atom. The highest BCUT2D eigenvalue weighted by Gasteiger charge is 2.13. The highest BCUT2D eigenvalue weighted by molar-refractivity contribution is 7.99. The minimum absolute atomic E-state index is 0.0231. The van der Waals surface area contributed by atoms with Gasteiger partial charge in [-0.25, -0.2) is 0 Å². The van der Waals surface area contributed by atoms with Crippen LogP contribution in [0.25, 0.3) is 0 Å². The lowest BCUT2D eigenvalue weighted by molar-refractivity contribution is -0.117. The Morgan fingerprint density at radius 3 is 2.53 bits per heavy atom. The van der Waals surface area contributed by atoms with Gasteiger partial charge in [-0.05, 0) is 24.3 Å². The molecule has 0 saturated carbocycles. The number of rotatable bonds is 4. The first kappa shape index (κ1) is 14.3. The SMILES string of the molecule is NC(=S)c1ccc(NC(=O)CN2CCSCC2)cc1. The first-order valence-corrected chi connectivity index (χ1v) is 7.71. The zero-order valence-corrected chi connectivity index (χ0v) is 12.2. The van der Waals surface area contributed by atoms with Crippen molar-refractivity contribution in [2.24, 2.45) is 5.73 Å². The summed E-state index contributed by atoms with van der Waals surface area (Å²) in [4.78, 5) is 14.4. The molecule has 0 aromatic heterocycles. The van der Waals surface area contributed by atoms with Crippen LogP contribution in [0, 0.1) is 0 Å². The maximum absolute atomic E-state index is 11.9. The van der Waals surface area contributed by atoms with Gasteiger partial charge in [-0.3, -0.25) is 9.69 Å². The van der Waals surface area contributed by atoms with E-state index in [0.717, 1.165) is 35.8 Å². The summed E-state index contributed by atoms with van der Waals surface area (Å²) in [5.74, 6) is 2.24. The largest absolute Gasteiger partial charge is 0.389 e. The number of amides is 1. The van der Waals surface area contributed by atoms with Crippen molar-refractivity contribution < 1.29 is 4.79 Å². The summed E-state index contributed by atoms with van der Waals surface area (Å²) in [6.07, 6.45) is 0. The van der Waals surface area contributed by atoms with Gasteiger partial charge in [-0.1, -0.05) is 12.2 Å². The number of nitrogens with one attached hydrogen (secondary N) is 1. The molecule has 6 heteroatoms. The smallest absolute Gasteiger partial charge is 0.238 e. The molecule has 1 fully saturated rings.